The van der Waals surface area contributed by atoms with Crippen LogP contribution in [0.3, 0.4) is 0 Å². The van der Waals surface area contributed by atoms with Crippen molar-refractivity contribution in [3.63, 3.8) is 0 Å². The van der Waals surface area contributed by atoms with Crippen LogP contribution in [0.15, 0.2) is 42.6 Å². The minimum atomic E-state index is -0.219. The fourth-order valence-corrected chi connectivity index (χ4v) is 2.42. The Hall–Kier alpha value is -2.36. The van der Waals surface area contributed by atoms with Gasteiger partial charge in [-0.1, -0.05) is 18.2 Å². The summed E-state index contributed by atoms with van der Waals surface area (Å²) in [7, 11) is 1.80. The molecule has 0 bridgehead atoms. The van der Waals surface area contributed by atoms with E-state index in [0.717, 1.165) is 22.5 Å². The normalized spacial score (nSPS) is 17.9. The van der Waals surface area contributed by atoms with Crippen molar-refractivity contribution >= 4 is 11.6 Å². The van der Waals surface area contributed by atoms with E-state index in [1.807, 2.05) is 43.3 Å². The number of rotatable bonds is 1. The third-order valence-electron chi connectivity index (χ3n) is 3.45. The second-order valence-corrected chi connectivity index (χ2v) is 4.72. The molecule has 19 heavy (non-hydrogen) atoms. The summed E-state index contributed by atoms with van der Waals surface area (Å²) in [6.45, 7) is 1.95. The van der Waals surface area contributed by atoms with E-state index >= 15 is 0 Å². The number of aryl methyl sites for hydroxylation is 1. The van der Waals surface area contributed by atoms with Crippen LogP contribution in [0.1, 0.15) is 27.8 Å². The van der Waals surface area contributed by atoms with Crippen LogP contribution in [0, 0.1) is 6.92 Å². The molecule has 1 N–H and O–H groups in total. The maximum atomic E-state index is 12.5. The molecule has 0 saturated heterocycles. The van der Waals surface area contributed by atoms with E-state index in [0.29, 0.717) is 0 Å². The molecule has 1 aromatic carbocycles. The van der Waals surface area contributed by atoms with Crippen LogP contribution >= 0.6 is 0 Å². The highest BCUT2D eigenvalue weighted by molar-refractivity contribution is 6.02. The summed E-state index contributed by atoms with van der Waals surface area (Å²) in [6.07, 6.45) is 1.52. The number of nitrogens with zero attached hydrogens (tertiary/aromatic N) is 2. The first kappa shape index (κ1) is 11.7. The Morgan fingerprint density at radius 3 is 2.79 bits per heavy atom. The third-order valence-corrected chi connectivity index (χ3v) is 3.45. The Morgan fingerprint density at radius 2 is 2.05 bits per heavy atom. The monoisotopic (exact) mass is 253 g/mol. The molecule has 3 rings (SSSR count). The van der Waals surface area contributed by atoms with Gasteiger partial charge in [0.15, 0.2) is 0 Å². The Kier molecular flexibility index (Phi) is 2.71. The number of carbonyl (C=O) groups is 1. The molecule has 1 aliphatic heterocycles. The van der Waals surface area contributed by atoms with Gasteiger partial charge in [0, 0.05) is 18.9 Å². The van der Waals surface area contributed by atoms with E-state index in [9.17, 15) is 4.79 Å². The molecular weight excluding hydrogens is 238 g/mol. The van der Waals surface area contributed by atoms with E-state index < -0.39 is 0 Å². The molecule has 0 radical (unpaired) electrons. The van der Waals surface area contributed by atoms with Crippen molar-refractivity contribution < 1.29 is 4.79 Å². The molecule has 0 spiro atoms. The van der Waals surface area contributed by atoms with Gasteiger partial charge in [-0.25, -0.2) is 0 Å². The molecule has 1 amide bonds. The zero-order chi connectivity index (χ0) is 13.4. The number of pyridine rings is 1. The van der Waals surface area contributed by atoms with Gasteiger partial charge >= 0.3 is 0 Å². The molecule has 0 aliphatic carbocycles. The lowest BCUT2D eigenvalue weighted by atomic mass is 10.0. The largest absolute Gasteiger partial charge is 0.359 e. The van der Waals surface area contributed by atoms with Crippen molar-refractivity contribution in [3.05, 3.63) is 59.4 Å². The summed E-state index contributed by atoms with van der Waals surface area (Å²) in [5.41, 5.74) is 3.45. The van der Waals surface area contributed by atoms with Crippen molar-refractivity contribution in [1.29, 1.82) is 0 Å². The lowest BCUT2D eigenvalue weighted by Gasteiger charge is -2.35. The molecule has 1 aromatic heterocycles. The number of hydrogen-bond donors (Lipinski definition) is 1. The van der Waals surface area contributed by atoms with Crippen molar-refractivity contribution in [2.45, 2.75) is 13.1 Å². The molecular formula is C15H15N3O. The highest BCUT2D eigenvalue weighted by Gasteiger charge is 2.31. The van der Waals surface area contributed by atoms with E-state index in [4.69, 9.17) is 0 Å². The van der Waals surface area contributed by atoms with Crippen molar-refractivity contribution in [1.82, 2.24) is 9.88 Å². The summed E-state index contributed by atoms with van der Waals surface area (Å²) in [4.78, 5) is 18.5. The molecule has 96 valence electrons. The summed E-state index contributed by atoms with van der Waals surface area (Å²) < 4.78 is 0. The number of carbonyl (C=O) groups excluding carboxylic acids is 1. The van der Waals surface area contributed by atoms with Crippen molar-refractivity contribution in [2.75, 3.05) is 12.4 Å². The third kappa shape index (κ3) is 1.85. The summed E-state index contributed by atoms with van der Waals surface area (Å²) in [6, 6.07) is 11.5. The van der Waals surface area contributed by atoms with Gasteiger partial charge in [-0.2, -0.15) is 0 Å². The minimum absolute atomic E-state index is 0.0301. The van der Waals surface area contributed by atoms with Gasteiger partial charge in [0.1, 0.15) is 6.17 Å². The van der Waals surface area contributed by atoms with Crippen LogP contribution in [0.2, 0.25) is 0 Å². The second-order valence-electron chi connectivity index (χ2n) is 4.72. The average molecular weight is 253 g/mol. The molecule has 1 atom stereocenters. The number of amides is 1. The highest BCUT2D eigenvalue weighted by atomic mass is 16.2. The van der Waals surface area contributed by atoms with Crippen molar-refractivity contribution in [2.24, 2.45) is 0 Å². The molecule has 1 aliphatic rings. The van der Waals surface area contributed by atoms with Gasteiger partial charge in [-0.05, 0) is 30.7 Å². The Morgan fingerprint density at radius 1 is 1.21 bits per heavy atom. The smallest absolute Gasteiger partial charge is 0.257 e. The van der Waals surface area contributed by atoms with Crippen LogP contribution in [0.25, 0.3) is 0 Å². The van der Waals surface area contributed by atoms with Gasteiger partial charge in [0.2, 0.25) is 0 Å². The Balaban J connectivity index is 2.07. The summed E-state index contributed by atoms with van der Waals surface area (Å²) in [5.74, 6) is 0.0301. The Labute approximate surface area is 112 Å². The molecule has 2 heterocycles. The number of hydrogen-bond acceptors (Lipinski definition) is 3. The first-order valence-corrected chi connectivity index (χ1v) is 6.22. The number of benzene rings is 1. The van der Waals surface area contributed by atoms with E-state index in [1.165, 1.54) is 0 Å². The van der Waals surface area contributed by atoms with Gasteiger partial charge < -0.3 is 10.2 Å². The summed E-state index contributed by atoms with van der Waals surface area (Å²) in [5, 5.41) is 3.38. The molecule has 0 fully saturated rings. The van der Waals surface area contributed by atoms with Crippen LogP contribution in [-0.4, -0.2) is 22.8 Å². The zero-order valence-corrected chi connectivity index (χ0v) is 10.9. The average Bonchev–Trinajstić information content (AvgIpc) is 2.43. The first-order valence-electron chi connectivity index (χ1n) is 6.22. The number of fused-ring (bicyclic) bond motifs is 1. The second kappa shape index (κ2) is 4.39. The number of anilines is 1. The van der Waals surface area contributed by atoms with E-state index in [2.05, 4.69) is 10.3 Å². The van der Waals surface area contributed by atoms with E-state index in [1.54, 1.807) is 18.1 Å². The predicted octanol–water partition coefficient (Wildman–Crippen LogP) is 2.59. The van der Waals surface area contributed by atoms with Gasteiger partial charge in [0.25, 0.3) is 5.91 Å². The predicted molar refractivity (Wildman–Crippen MR) is 73.9 cm³/mol. The van der Waals surface area contributed by atoms with Crippen LogP contribution in [-0.2, 0) is 0 Å². The van der Waals surface area contributed by atoms with Crippen LogP contribution in [0.5, 0.6) is 0 Å². The first-order chi connectivity index (χ1) is 9.18. The SMILES string of the molecule is Cc1cccc2c1C(=O)N(C)[C@@H](c1ccccn1)N2. The molecule has 0 unspecified atom stereocenters. The lowest BCUT2D eigenvalue weighted by molar-refractivity contribution is 0.0732. The number of nitrogens with one attached hydrogen (secondary N) is 1. The van der Waals surface area contributed by atoms with Gasteiger partial charge in [-0.3, -0.25) is 9.78 Å². The highest BCUT2D eigenvalue weighted by Crippen LogP contribution is 2.32. The fourth-order valence-electron chi connectivity index (χ4n) is 2.42. The number of aromatic nitrogens is 1. The maximum Gasteiger partial charge on any atom is 0.257 e. The quantitative estimate of drug-likeness (QED) is 0.849. The van der Waals surface area contributed by atoms with Crippen molar-refractivity contribution in [3.8, 4) is 0 Å². The lowest BCUT2D eigenvalue weighted by Crippen LogP contribution is -2.41. The fraction of sp³-hybridized carbons (Fsp3) is 0.200. The molecule has 0 saturated carbocycles. The van der Waals surface area contributed by atoms with Crippen LogP contribution in [0.4, 0.5) is 5.69 Å². The molecule has 4 nitrogen and oxygen atoms in total. The standard InChI is InChI=1S/C15H15N3O/c1-10-6-5-8-11-13(10)15(19)18(2)14(17-11)12-7-3-4-9-16-12/h3-9,14,17H,1-2H3/t14-/m0/s1. The van der Waals surface area contributed by atoms with Crippen LogP contribution < -0.4 is 5.32 Å². The maximum absolute atomic E-state index is 12.5. The van der Waals surface area contributed by atoms with Gasteiger partial charge in [-0.15, -0.1) is 0 Å². The topological polar surface area (TPSA) is 45.2 Å². The van der Waals surface area contributed by atoms with Gasteiger partial charge in [0.05, 0.1) is 11.3 Å². The Bertz CT molecular complexity index is 625. The minimum Gasteiger partial charge on any atom is -0.359 e. The summed E-state index contributed by atoms with van der Waals surface area (Å²) >= 11 is 0. The molecule has 4 heteroatoms. The zero-order valence-electron chi connectivity index (χ0n) is 10.9. The van der Waals surface area contributed by atoms with E-state index in [-0.39, 0.29) is 12.1 Å². The molecule has 2 aromatic rings.